The molecule has 0 bridgehead atoms. The zero-order chi connectivity index (χ0) is 9.31. The summed E-state index contributed by atoms with van der Waals surface area (Å²) in [5.41, 5.74) is 0.776. The first-order chi connectivity index (χ1) is 6.20. The minimum absolute atomic E-state index is 0.388. The van der Waals surface area contributed by atoms with E-state index in [0.717, 1.165) is 18.6 Å². The normalized spacial score (nSPS) is 26.1. The fourth-order valence-electron chi connectivity index (χ4n) is 2.47. The molecular weight excluding hydrogens is 162 g/mol. The summed E-state index contributed by atoms with van der Waals surface area (Å²) < 4.78 is 5.53. The number of rotatable bonds is 4. The van der Waals surface area contributed by atoms with Crippen LogP contribution in [-0.2, 0) is 4.74 Å². The lowest BCUT2D eigenvalue weighted by Crippen LogP contribution is -2.60. The molecule has 1 saturated carbocycles. The average molecular weight is 183 g/mol. The van der Waals surface area contributed by atoms with Gasteiger partial charge in [0.1, 0.15) is 0 Å². The van der Waals surface area contributed by atoms with Crippen molar-refractivity contribution < 1.29 is 4.74 Å². The Balaban J connectivity index is 1.54. The molecule has 13 heavy (non-hydrogen) atoms. The summed E-state index contributed by atoms with van der Waals surface area (Å²) >= 11 is 0. The van der Waals surface area contributed by atoms with Crippen LogP contribution in [-0.4, -0.2) is 37.2 Å². The monoisotopic (exact) mass is 183 g/mol. The smallest absolute Gasteiger partial charge is 0.0596 e. The number of ether oxygens (including phenoxy) is 1. The van der Waals surface area contributed by atoms with Gasteiger partial charge in [-0.1, -0.05) is 6.42 Å². The molecular formula is C11H21NO. The topological polar surface area (TPSA) is 12.5 Å². The molecule has 2 heteroatoms. The zero-order valence-electron chi connectivity index (χ0n) is 8.88. The fraction of sp³-hybridized carbons (Fsp3) is 1.00. The van der Waals surface area contributed by atoms with Crippen molar-refractivity contribution in [3.05, 3.63) is 0 Å². The van der Waals surface area contributed by atoms with Gasteiger partial charge in [-0.3, -0.25) is 4.90 Å². The fourth-order valence-corrected chi connectivity index (χ4v) is 2.47. The molecule has 0 unspecified atom stereocenters. The Kier molecular flexibility index (Phi) is 2.61. The Hall–Kier alpha value is -0.0800. The van der Waals surface area contributed by atoms with Crippen molar-refractivity contribution in [1.82, 2.24) is 4.90 Å². The second kappa shape index (κ2) is 3.58. The van der Waals surface area contributed by atoms with Crippen molar-refractivity contribution in [2.24, 2.45) is 5.41 Å². The van der Waals surface area contributed by atoms with Crippen LogP contribution < -0.4 is 0 Å². The lowest BCUT2D eigenvalue weighted by Gasteiger charge is -2.56. The molecule has 0 amide bonds. The van der Waals surface area contributed by atoms with E-state index in [9.17, 15) is 0 Å². The van der Waals surface area contributed by atoms with Gasteiger partial charge in [-0.15, -0.1) is 0 Å². The van der Waals surface area contributed by atoms with E-state index in [4.69, 9.17) is 4.74 Å². The van der Waals surface area contributed by atoms with Crippen LogP contribution in [0.4, 0.5) is 0 Å². The van der Waals surface area contributed by atoms with E-state index in [2.05, 4.69) is 18.7 Å². The molecule has 0 N–H and O–H groups in total. The van der Waals surface area contributed by atoms with Crippen molar-refractivity contribution in [2.75, 3.05) is 26.2 Å². The number of hydrogen-bond donors (Lipinski definition) is 0. The first-order valence-electron chi connectivity index (χ1n) is 5.54. The van der Waals surface area contributed by atoms with E-state index < -0.39 is 0 Å². The molecule has 1 spiro atoms. The molecule has 2 rings (SSSR count). The molecule has 2 fully saturated rings. The molecule has 0 radical (unpaired) electrons. The highest BCUT2D eigenvalue weighted by atomic mass is 16.5. The first kappa shape index (κ1) is 9.47. The van der Waals surface area contributed by atoms with Crippen molar-refractivity contribution in [3.8, 4) is 0 Å². The van der Waals surface area contributed by atoms with E-state index in [1.165, 1.54) is 32.4 Å². The van der Waals surface area contributed by atoms with Crippen LogP contribution in [0.3, 0.4) is 0 Å². The van der Waals surface area contributed by atoms with Gasteiger partial charge in [-0.05, 0) is 32.1 Å². The van der Waals surface area contributed by atoms with Crippen molar-refractivity contribution in [2.45, 2.75) is 39.2 Å². The van der Waals surface area contributed by atoms with Crippen LogP contribution in [0.1, 0.15) is 33.1 Å². The number of hydrogen-bond acceptors (Lipinski definition) is 2. The maximum absolute atomic E-state index is 5.53. The van der Waals surface area contributed by atoms with Gasteiger partial charge in [-0.2, -0.15) is 0 Å². The minimum atomic E-state index is 0.388. The summed E-state index contributed by atoms with van der Waals surface area (Å²) in [5, 5.41) is 0. The quantitative estimate of drug-likeness (QED) is 0.660. The van der Waals surface area contributed by atoms with E-state index >= 15 is 0 Å². The molecule has 1 heterocycles. The molecule has 2 nitrogen and oxygen atoms in total. The van der Waals surface area contributed by atoms with E-state index in [1.54, 1.807) is 0 Å². The number of likely N-dealkylation sites (tertiary alicyclic amines) is 1. The molecule has 0 aromatic carbocycles. The summed E-state index contributed by atoms with van der Waals surface area (Å²) in [5.74, 6) is 0. The second-order valence-electron chi connectivity index (χ2n) is 4.98. The average Bonchev–Trinajstić information content (AvgIpc) is 1.89. The Bertz CT molecular complexity index is 167. The van der Waals surface area contributed by atoms with Crippen LogP contribution in [0.2, 0.25) is 0 Å². The highest BCUT2D eigenvalue weighted by molar-refractivity contribution is 5.00. The summed E-state index contributed by atoms with van der Waals surface area (Å²) in [7, 11) is 0. The van der Waals surface area contributed by atoms with Crippen LogP contribution >= 0.6 is 0 Å². The Morgan fingerprint density at radius 1 is 1.31 bits per heavy atom. The van der Waals surface area contributed by atoms with E-state index in [-0.39, 0.29) is 0 Å². The highest BCUT2D eigenvalue weighted by Crippen LogP contribution is 2.47. The van der Waals surface area contributed by atoms with Crippen LogP contribution in [0, 0.1) is 5.41 Å². The van der Waals surface area contributed by atoms with Gasteiger partial charge >= 0.3 is 0 Å². The lowest BCUT2D eigenvalue weighted by molar-refractivity contribution is -0.0732. The molecule has 1 aliphatic heterocycles. The standard InChI is InChI=1S/C11H21NO/c1-10(2)13-7-6-12-8-11(9-12)4-3-5-11/h10H,3-9H2,1-2H3. The summed E-state index contributed by atoms with van der Waals surface area (Å²) in [6.45, 7) is 8.93. The second-order valence-corrected chi connectivity index (χ2v) is 4.98. The Labute approximate surface area is 81.3 Å². The molecule has 0 aromatic rings. The molecule has 76 valence electrons. The maximum atomic E-state index is 5.53. The number of nitrogens with zero attached hydrogens (tertiary/aromatic N) is 1. The van der Waals surface area contributed by atoms with Crippen LogP contribution in [0.5, 0.6) is 0 Å². The van der Waals surface area contributed by atoms with Crippen LogP contribution in [0.25, 0.3) is 0 Å². The largest absolute Gasteiger partial charge is 0.377 e. The first-order valence-corrected chi connectivity index (χ1v) is 5.54. The summed E-state index contributed by atoms with van der Waals surface area (Å²) in [6, 6.07) is 0. The van der Waals surface area contributed by atoms with Gasteiger partial charge in [0, 0.05) is 19.6 Å². The third-order valence-electron chi connectivity index (χ3n) is 3.39. The van der Waals surface area contributed by atoms with Crippen molar-refractivity contribution in [3.63, 3.8) is 0 Å². The SMILES string of the molecule is CC(C)OCCN1CC2(CCC2)C1. The molecule has 0 aromatic heterocycles. The maximum Gasteiger partial charge on any atom is 0.0596 e. The van der Waals surface area contributed by atoms with Gasteiger partial charge in [0.25, 0.3) is 0 Å². The van der Waals surface area contributed by atoms with Gasteiger partial charge in [0.2, 0.25) is 0 Å². The van der Waals surface area contributed by atoms with Gasteiger partial charge in [0.15, 0.2) is 0 Å². The van der Waals surface area contributed by atoms with Gasteiger partial charge in [-0.25, -0.2) is 0 Å². The van der Waals surface area contributed by atoms with E-state index in [1.807, 2.05) is 0 Å². The Morgan fingerprint density at radius 3 is 2.46 bits per heavy atom. The van der Waals surface area contributed by atoms with Crippen molar-refractivity contribution >= 4 is 0 Å². The predicted octanol–water partition coefficient (Wildman–Crippen LogP) is 1.90. The lowest BCUT2D eigenvalue weighted by atomic mass is 9.63. The van der Waals surface area contributed by atoms with Gasteiger partial charge in [0.05, 0.1) is 12.7 Å². The van der Waals surface area contributed by atoms with Crippen LogP contribution in [0.15, 0.2) is 0 Å². The predicted molar refractivity (Wildman–Crippen MR) is 53.8 cm³/mol. The molecule has 2 aliphatic rings. The molecule has 1 saturated heterocycles. The summed E-state index contributed by atoms with van der Waals surface area (Å²) in [6.07, 6.45) is 4.82. The molecule has 1 aliphatic carbocycles. The molecule has 0 atom stereocenters. The van der Waals surface area contributed by atoms with Crippen molar-refractivity contribution in [1.29, 1.82) is 0 Å². The van der Waals surface area contributed by atoms with Gasteiger partial charge < -0.3 is 4.74 Å². The summed E-state index contributed by atoms with van der Waals surface area (Å²) in [4.78, 5) is 2.53. The third-order valence-corrected chi connectivity index (χ3v) is 3.39. The highest BCUT2D eigenvalue weighted by Gasteiger charge is 2.46. The third kappa shape index (κ3) is 2.05. The minimum Gasteiger partial charge on any atom is -0.377 e. The zero-order valence-corrected chi connectivity index (χ0v) is 8.88. The van der Waals surface area contributed by atoms with E-state index in [0.29, 0.717) is 6.10 Å². The Morgan fingerprint density at radius 2 is 2.00 bits per heavy atom.